The molecule has 0 aliphatic carbocycles. The average molecular weight is 613 g/mol. The predicted octanol–water partition coefficient (Wildman–Crippen LogP) is 3.63. The first-order valence-electron chi connectivity index (χ1n) is 14.7. The zero-order valence-corrected chi connectivity index (χ0v) is 25.7. The molecule has 13 nitrogen and oxygen atoms in total. The van der Waals surface area contributed by atoms with E-state index in [0.717, 1.165) is 5.56 Å². The Morgan fingerprint density at radius 3 is 2.05 bits per heavy atom. The van der Waals surface area contributed by atoms with E-state index in [1.807, 2.05) is 44.2 Å². The van der Waals surface area contributed by atoms with Gasteiger partial charge in [-0.2, -0.15) is 0 Å². The van der Waals surface area contributed by atoms with Gasteiger partial charge in [-0.3, -0.25) is 24.5 Å². The molecule has 0 aromatic heterocycles. The van der Waals surface area contributed by atoms with E-state index in [0.29, 0.717) is 25.1 Å². The third kappa shape index (κ3) is 12.4. The van der Waals surface area contributed by atoms with Crippen molar-refractivity contribution in [3.05, 3.63) is 70.3 Å². The van der Waals surface area contributed by atoms with Gasteiger partial charge in [0.25, 0.3) is 5.69 Å². The molecule has 3 atom stereocenters. The number of nitrogens with zero attached hydrogens (tertiary/aromatic N) is 1. The summed E-state index contributed by atoms with van der Waals surface area (Å²) in [7, 11) is 0. The molecule has 0 unspecified atom stereocenters. The third-order valence-electron chi connectivity index (χ3n) is 6.70. The van der Waals surface area contributed by atoms with Gasteiger partial charge >= 0.3 is 6.09 Å². The lowest BCUT2D eigenvalue weighted by atomic mass is 9.99. The lowest BCUT2D eigenvalue weighted by molar-refractivity contribution is -0.384. The Hall–Kier alpha value is -4.52. The summed E-state index contributed by atoms with van der Waals surface area (Å²) in [5.74, 6) is -1.94. The fraction of sp³-hybridized carbons (Fsp3) is 0.484. The van der Waals surface area contributed by atoms with Gasteiger partial charge in [0, 0.05) is 17.8 Å². The molecule has 2 aromatic rings. The number of benzene rings is 2. The van der Waals surface area contributed by atoms with Crippen LogP contribution in [0.3, 0.4) is 0 Å². The van der Waals surface area contributed by atoms with Crippen molar-refractivity contribution in [1.82, 2.24) is 16.0 Å². The average Bonchev–Trinajstić information content (AvgIpc) is 2.98. The van der Waals surface area contributed by atoms with Crippen LogP contribution < -0.4 is 27.0 Å². The molecular weight excluding hydrogens is 568 g/mol. The fourth-order valence-electron chi connectivity index (χ4n) is 4.32. The van der Waals surface area contributed by atoms with E-state index < -0.39 is 46.9 Å². The van der Waals surface area contributed by atoms with Gasteiger partial charge in [-0.1, -0.05) is 58.0 Å². The van der Waals surface area contributed by atoms with Crippen LogP contribution in [0.5, 0.6) is 0 Å². The normalized spacial score (nSPS) is 13.0. The predicted molar refractivity (Wildman–Crippen MR) is 166 cm³/mol. The summed E-state index contributed by atoms with van der Waals surface area (Å²) in [6.45, 7) is 7.75. The van der Waals surface area contributed by atoms with Gasteiger partial charge < -0.3 is 31.7 Å². The molecule has 13 heteroatoms. The van der Waals surface area contributed by atoms with Crippen molar-refractivity contribution >= 4 is 35.2 Å². The van der Waals surface area contributed by atoms with Crippen molar-refractivity contribution in [3.63, 3.8) is 0 Å². The summed E-state index contributed by atoms with van der Waals surface area (Å²) in [5, 5.41) is 21.7. The van der Waals surface area contributed by atoms with E-state index in [9.17, 15) is 29.3 Å². The van der Waals surface area contributed by atoms with Crippen molar-refractivity contribution in [1.29, 1.82) is 0 Å². The largest absolute Gasteiger partial charge is 0.445 e. The lowest BCUT2D eigenvalue weighted by Gasteiger charge is -2.27. The van der Waals surface area contributed by atoms with Gasteiger partial charge in [-0.05, 0) is 61.8 Å². The molecule has 0 bridgehead atoms. The number of alkyl carbamates (subject to hydrolysis) is 1. The molecule has 0 heterocycles. The number of amides is 4. The topological polar surface area (TPSA) is 195 Å². The molecule has 0 aliphatic rings. The maximum atomic E-state index is 13.5. The number of unbranched alkanes of at least 4 members (excludes halogenated alkanes) is 1. The highest BCUT2D eigenvalue weighted by Crippen LogP contribution is 2.17. The van der Waals surface area contributed by atoms with Gasteiger partial charge in [-0.25, -0.2) is 4.79 Å². The lowest BCUT2D eigenvalue weighted by Crippen LogP contribution is -2.57. The van der Waals surface area contributed by atoms with Crippen LogP contribution in [-0.4, -0.2) is 53.4 Å². The Morgan fingerprint density at radius 2 is 1.48 bits per heavy atom. The molecule has 2 aromatic carbocycles. The number of hydrogen-bond donors (Lipinski definition) is 5. The van der Waals surface area contributed by atoms with Gasteiger partial charge in [0.15, 0.2) is 0 Å². The number of nitrogens with one attached hydrogen (secondary N) is 4. The van der Waals surface area contributed by atoms with Gasteiger partial charge in [-0.15, -0.1) is 0 Å². The Bertz CT molecular complexity index is 1240. The van der Waals surface area contributed by atoms with Crippen LogP contribution in [-0.2, 0) is 25.7 Å². The zero-order valence-electron chi connectivity index (χ0n) is 25.7. The third-order valence-corrected chi connectivity index (χ3v) is 6.70. The summed E-state index contributed by atoms with van der Waals surface area (Å²) < 4.78 is 5.27. The smallest absolute Gasteiger partial charge is 0.408 e. The van der Waals surface area contributed by atoms with E-state index in [1.54, 1.807) is 13.8 Å². The first-order valence-corrected chi connectivity index (χ1v) is 14.7. The molecule has 0 radical (unpaired) electrons. The van der Waals surface area contributed by atoms with E-state index >= 15 is 0 Å². The summed E-state index contributed by atoms with van der Waals surface area (Å²) in [6.07, 6.45) is 0.982. The van der Waals surface area contributed by atoms with E-state index in [1.165, 1.54) is 24.3 Å². The minimum absolute atomic E-state index is 0.0111. The van der Waals surface area contributed by atoms with Crippen LogP contribution in [0.4, 0.5) is 16.2 Å². The molecular formula is C31H44N6O7. The summed E-state index contributed by atoms with van der Waals surface area (Å²) in [5.41, 5.74) is 6.62. The maximum absolute atomic E-state index is 13.5. The Balaban J connectivity index is 2.12. The molecule has 240 valence electrons. The molecule has 4 amide bonds. The number of nitrogens with two attached hydrogens (primary N) is 1. The second-order valence-corrected chi connectivity index (χ2v) is 11.3. The van der Waals surface area contributed by atoms with E-state index in [4.69, 9.17) is 10.5 Å². The molecule has 6 N–H and O–H groups in total. The number of anilines is 1. The monoisotopic (exact) mass is 612 g/mol. The molecule has 0 spiro atoms. The van der Waals surface area contributed by atoms with Crippen molar-refractivity contribution in [2.24, 2.45) is 17.6 Å². The second-order valence-electron chi connectivity index (χ2n) is 11.3. The van der Waals surface area contributed by atoms with Crippen molar-refractivity contribution < 1.29 is 28.8 Å². The van der Waals surface area contributed by atoms with Gasteiger partial charge in [0.1, 0.15) is 24.7 Å². The standard InChI is InChI=1S/C31H44N6O7/c1-20(2)18-26(35-30(40)27(21(3)4)36-31(41)44-19-22-10-6-5-7-11-22)29(39)34-25(12-8-9-17-32)28(38)33-23-13-15-24(16-14-23)37(42)43/h5-7,10-11,13-16,20-21,25-27H,8-9,12,17-19,32H2,1-4H3,(H,33,38)(H,34,39)(H,35,40)(H,36,41)/t25-,26-,27-/m0/s1. The van der Waals surface area contributed by atoms with Crippen LogP contribution in [0.15, 0.2) is 54.6 Å². The number of ether oxygens (including phenoxy) is 1. The molecule has 0 saturated carbocycles. The van der Waals surface area contributed by atoms with Gasteiger partial charge in [0.05, 0.1) is 4.92 Å². The first kappa shape index (κ1) is 35.7. The van der Waals surface area contributed by atoms with Crippen molar-refractivity contribution in [2.45, 2.75) is 78.1 Å². The summed E-state index contributed by atoms with van der Waals surface area (Å²) in [6, 6.07) is 11.5. The fourth-order valence-corrected chi connectivity index (χ4v) is 4.32. The Labute approximate surface area is 257 Å². The minimum atomic E-state index is -0.991. The number of carbonyl (C=O) groups is 4. The second kappa shape index (κ2) is 18.2. The number of nitro benzene ring substituents is 1. The van der Waals surface area contributed by atoms with Gasteiger partial charge in [0.2, 0.25) is 17.7 Å². The quantitative estimate of drug-likeness (QED) is 0.101. The summed E-state index contributed by atoms with van der Waals surface area (Å²) >= 11 is 0. The van der Waals surface area contributed by atoms with Crippen LogP contribution in [0.1, 0.15) is 58.9 Å². The number of hydrogen-bond acceptors (Lipinski definition) is 8. The van der Waals surface area contributed by atoms with Crippen LogP contribution in [0.2, 0.25) is 0 Å². The number of rotatable bonds is 17. The van der Waals surface area contributed by atoms with E-state index in [2.05, 4.69) is 21.3 Å². The molecule has 0 saturated heterocycles. The highest BCUT2D eigenvalue weighted by atomic mass is 16.6. The summed E-state index contributed by atoms with van der Waals surface area (Å²) in [4.78, 5) is 62.9. The Morgan fingerprint density at radius 1 is 0.841 bits per heavy atom. The SMILES string of the molecule is CC(C)C[C@H](NC(=O)[C@@H](NC(=O)OCc1ccccc1)C(C)C)C(=O)N[C@@H](CCCCN)C(=O)Nc1ccc([N+](=O)[O-])cc1. The first-order chi connectivity index (χ1) is 20.9. The van der Waals surface area contributed by atoms with Crippen LogP contribution in [0.25, 0.3) is 0 Å². The highest BCUT2D eigenvalue weighted by Gasteiger charge is 2.31. The van der Waals surface area contributed by atoms with Crippen LogP contribution in [0, 0.1) is 22.0 Å². The number of nitro groups is 1. The number of non-ortho nitro benzene ring substituents is 1. The maximum Gasteiger partial charge on any atom is 0.408 e. The zero-order chi connectivity index (χ0) is 32.6. The molecule has 44 heavy (non-hydrogen) atoms. The van der Waals surface area contributed by atoms with E-state index in [-0.39, 0.29) is 37.0 Å². The Kier molecular flexibility index (Phi) is 14.8. The number of carbonyl (C=O) groups excluding carboxylic acids is 4. The minimum Gasteiger partial charge on any atom is -0.445 e. The molecule has 0 aliphatic heterocycles. The molecule has 0 fully saturated rings. The van der Waals surface area contributed by atoms with Crippen molar-refractivity contribution in [2.75, 3.05) is 11.9 Å². The van der Waals surface area contributed by atoms with Crippen LogP contribution >= 0.6 is 0 Å². The molecule has 2 rings (SSSR count). The van der Waals surface area contributed by atoms with Crippen molar-refractivity contribution in [3.8, 4) is 0 Å². The highest BCUT2D eigenvalue weighted by molar-refractivity contribution is 5.98.